The monoisotopic (exact) mass is 271 g/mol. The summed E-state index contributed by atoms with van der Waals surface area (Å²) in [5.41, 5.74) is 7.35. The third-order valence-corrected chi connectivity index (χ3v) is 5.08. The second-order valence-electron chi connectivity index (χ2n) is 5.47. The van der Waals surface area contributed by atoms with Crippen LogP contribution in [0, 0.1) is 6.92 Å². The summed E-state index contributed by atoms with van der Waals surface area (Å²) in [6.45, 7) is 2.20. The van der Waals surface area contributed by atoms with Gasteiger partial charge in [0.2, 0.25) is 0 Å². The van der Waals surface area contributed by atoms with E-state index in [1.165, 1.54) is 42.4 Å². The molecule has 0 amide bonds. The van der Waals surface area contributed by atoms with E-state index in [0.29, 0.717) is 6.04 Å². The summed E-state index contributed by atoms with van der Waals surface area (Å²) < 4.78 is 0. The Kier molecular flexibility index (Phi) is 3.72. The van der Waals surface area contributed by atoms with Gasteiger partial charge in [0.15, 0.2) is 0 Å². The van der Waals surface area contributed by atoms with Gasteiger partial charge in [0.25, 0.3) is 0 Å². The molecule has 2 aromatic rings. The number of hydrogen-bond acceptors (Lipinski definition) is 2. The molecule has 2 heteroatoms. The Hall–Kier alpha value is -1.12. The summed E-state index contributed by atoms with van der Waals surface area (Å²) in [6, 6.07) is 7.41. The first-order valence-corrected chi connectivity index (χ1v) is 8.05. The Balaban J connectivity index is 1.98. The fourth-order valence-electron chi connectivity index (χ4n) is 3.10. The molecule has 1 atom stereocenters. The number of rotatable bonds is 3. The van der Waals surface area contributed by atoms with Gasteiger partial charge in [-0.2, -0.15) is 11.3 Å². The Morgan fingerprint density at radius 2 is 1.89 bits per heavy atom. The van der Waals surface area contributed by atoms with Crippen LogP contribution in [0.15, 0.2) is 29.0 Å². The van der Waals surface area contributed by atoms with Gasteiger partial charge in [-0.1, -0.05) is 18.2 Å². The van der Waals surface area contributed by atoms with Crippen molar-refractivity contribution in [3.05, 3.63) is 56.8 Å². The van der Waals surface area contributed by atoms with Crippen LogP contribution in [0.3, 0.4) is 0 Å². The summed E-state index contributed by atoms with van der Waals surface area (Å²) in [4.78, 5) is 0. The zero-order valence-electron chi connectivity index (χ0n) is 11.7. The van der Waals surface area contributed by atoms with Gasteiger partial charge < -0.3 is 5.32 Å². The SMILES string of the molecule is CNC(c1ccc2c(c1)CCCC2)c1cscc1C. The summed E-state index contributed by atoms with van der Waals surface area (Å²) >= 11 is 1.79. The third kappa shape index (κ3) is 2.47. The van der Waals surface area contributed by atoms with Crippen LogP contribution in [0.2, 0.25) is 0 Å². The minimum Gasteiger partial charge on any atom is -0.309 e. The first kappa shape index (κ1) is 12.9. The van der Waals surface area contributed by atoms with E-state index in [-0.39, 0.29) is 0 Å². The van der Waals surface area contributed by atoms with Crippen molar-refractivity contribution in [3.63, 3.8) is 0 Å². The van der Waals surface area contributed by atoms with Gasteiger partial charge in [0.05, 0.1) is 6.04 Å². The fourth-order valence-corrected chi connectivity index (χ4v) is 3.98. The highest BCUT2D eigenvalue weighted by Crippen LogP contribution is 2.30. The van der Waals surface area contributed by atoms with E-state index in [1.807, 2.05) is 0 Å². The maximum absolute atomic E-state index is 3.48. The van der Waals surface area contributed by atoms with Crippen LogP contribution >= 0.6 is 11.3 Å². The van der Waals surface area contributed by atoms with Crippen LogP contribution in [-0.2, 0) is 12.8 Å². The molecule has 3 rings (SSSR count). The number of aryl methyl sites for hydroxylation is 3. The molecule has 0 spiro atoms. The maximum atomic E-state index is 3.48. The predicted molar refractivity (Wildman–Crippen MR) is 83.0 cm³/mol. The molecule has 1 unspecified atom stereocenters. The highest BCUT2D eigenvalue weighted by atomic mass is 32.1. The highest BCUT2D eigenvalue weighted by Gasteiger charge is 2.17. The summed E-state index contributed by atoms with van der Waals surface area (Å²) in [7, 11) is 2.06. The van der Waals surface area contributed by atoms with Gasteiger partial charge in [-0.25, -0.2) is 0 Å². The molecule has 1 nitrogen and oxygen atoms in total. The van der Waals surface area contributed by atoms with Crippen LogP contribution in [0.4, 0.5) is 0 Å². The predicted octanol–water partition coefficient (Wildman–Crippen LogP) is 4.24. The Bertz CT molecular complexity index is 570. The zero-order chi connectivity index (χ0) is 13.2. The zero-order valence-corrected chi connectivity index (χ0v) is 12.5. The topological polar surface area (TPSA) is 12.0 Å². The third-order valence-electron chi connectivity index (χ3n) is 4.20. The number of fused-ring (bicyclic) bond motifs is 1. The van der Waals surface area contributed by atoms with Crippen molar-refractivity contribution in [3.8, 4) is 0 Å². The maximum Gasteiger partial charge on any atom is 0.0585 e. The second kappa shape index (κ2) is 5.48. The largest absolute Gasteiger partial charge is 0.309 e. The molecule has 0 saturated carbocycles. The van der Waals surface area contributed by atoms with Crippen molar-refractivity contribution in [2.24, 2.45) is 0 Å². The number of benzene rings is 1. The quantitative estimate of drug-likeness (QED) is 0.880. The number of hydrogen-bond donors (Lipinski definition) is 1. The van der Waals surface area contributed by atoms with Crippen molar-refractivity contribution < 1.29 is 0 Å². The Morgan fingerprint density at radius 1 is 1.11 bits per heavy atom. The Labute approximate surface area is 119 Å². The van der Waals surface area contributed by atoms with Crippen LogP contribution in [0.25, 0.3) is 0 Å². The van der Waals surface area contributed by atoms with Gasteiger partial charge in [0.1, 0.15) is 0 Å². The lowest BCUT2D eigenvalue weighted by atomic mass is 9.88. The van der Waals surface area contributed by atoms with Crippen LogP contribution < -0.4 is 5.32 Å². The molecular weight excluding hydrogens is 250 g/mol. The molecule has 0 bridgehead atoms. The molecule has 1 aliphatic carbocycles. The van der Waals surface area contributed by atoms with Crippen LogP contribution in [-0.4, -0.2) is 7.05 Å². The lowest BCUT2D eigenvalue weighted by molar-refractivity contribution is 0.667. The molecule has 1 aromatic carbocycles. The van der Waals surface area contributed by atoms with Gasteiger partial charge in [-0.3, -0.25) is 0 Å². The number of nitrogens with one attached hydrogen (secondary N) is 1. The first-order chi connectivity index (χ1) is 9.29. The summed E-state index contributed by atoms with van der Waals surface area (Å²) in [5, 5.41) is 7.98. The van der Waals surface area contributed by atoms with Gasteiger partial charge in [-0.15, -0.1) is 0 Å². The standard InChI is InChI=1S/C17H21NS/c1-12-10-19-11-16(12)17(18-2)15-8-7-13-5-3-4-6-14(13)9-15/h7-11,17-18H,3-6H2,1-2H3. The molecule has 0 aliphatic heterocycles. The van der Waals surface area contributed by atoms with Crippen molar-refractivity contribution in [1.82, 2.24) is 5.32 Å². The lowest BCUT2D eigenvalue weighted by Crippen LogP contribution is -2.18. The van der Waals surface area contributed by atoms with Crippen LogP contribution in [0.1, 0.15) is 46.7 Å². The lowest BCUT2D eigenvalue weighted by Gasteiger charge is -2.21. The van der Waals surface area contributed by atoms with E-state index >= 15 is 0 Å². The summed E-state index contributed by atoms with van der Waals surface area (Å²) in [6.07, 6.45) is 5.21. The minimum absolute atomic E-state index is 0.332. The summed E-state index contributed by atoms with van der Waals surface area (Å²) in [5.74, 6) is 0. The van der Waals surface area contributed by atoms with E-state index in [4.69, 9.17) is 0 Å². The molecule has 19 heavy (non-hydrogen) atoms. The second-order valence-corrected chi connectivity index (χ2v) is 6.21. The van der Waals surface area contributed by atoms with E-state index < -0.39 is 0 Å². The molecule has 1 heterocycles. The Morgan fingerprint density at radius 3 is 2.58 bits per heavy atom. The smallest absolute Gasteiger partial charge is 0.0585 e. The van der Waals surface area contributed by atoms with Gasteiger partial charge in [-0.05, 0) is 78.2 Å². The molecule has 1 aliphatic rings. The van der Waals surface area contributed by atoms with Crippen molar-refractivity contribution in [1.29, 1.82) is 0 Å². The average molecular weight is 271 g/mol. The molecule has 0 fully saturated rings. The molecule has 0 radical (unpaired) electrons. The molecule has 1 aromatic heterocycles. The van der Waals surface area contributed by atoms with Crippen molar-refractivity contribution >= 4 is 11.3 Å². The van der Waals surface area contributed by atoms with Crippen LogP contribution in [0.5, 0.6) is 0 Å². The van der Waals surface area contributed by atoms with Gasteiger partial charge >= 0.3 is 0 Å². The molecule has 0 saturated heterocycles. The first-order valence-electron chi connectivity index (χ1n) is 7.11. The molecular formula is C17H21NS. The fraction of sp³-hybridized carbons (Fsp3) is 0.412. The molecule has 1 N–H and O–H groups in total. The minimum atomic E-state index is 0.332. The average Bonchev–Trinajstić information content (AvgIpc) is 2.86. The van der Waals surface area contributed by atoms with Gasteiger partial charge in [0, 0.05) is 0 Å². The van der Waals surface area contributed by atoms with Crippen molar-refractivity contribution in [2.45, 2.75) is 38.6 Å². The van der Waals surface area contributed by atoms with E-state index in [2.05, 4.69) is 48.2 Å². The van der Waals surface area contributed by atoms with E-state index in [0.717, 1.165) is 0 Å². The van der Waals surface area contributed by atoms with E-state index in [9.17, 15) is 0 Å². The van der Waals surface area contributed by atoms with E-state index in [1.54, 1.807) is 22.5 Å². The number of thiophene rings is 1. The highest BCUT2D eigenvalue weighted by molar-refractivity contribution is 7.08. The van der Waals surface area contributed by atoms with Crippen molar-refractivity contribution in [2.75, 3.05) is 7.05 Å². The molecule has 100 valence electrons. The normalized spacial score (nSPS) is 16.1.